The topological polar surface area (TPSA) is 63.8 Å². The maximum atomic E-state index is 11.7. The van der Waals surface area contributed by atoms with Crippen molar-refractivity contribution in [3.63, 3.8) is 0 Å². The van der Waals surface area contributed by atoms with E-state index in [0.29, 0.717) is 17.2 Å². The van der Waals surface area contributed by atoms with Crippen LogP contribution in [0.4, 0.5) is 0 Å². The minimum atomic E-state index is -0.319. The molecule has 5 nitrogen and oxygen atoms in total. The van der Waals surface area contributed by atoms with Crippen molar-refractivity contribution in [1.29, 1.82) is 0 Å². The lowest BCUT2D eigenvalue weighted by Crippen LogP contribution is -2.25. The van der Waals surface area contributed by atoms with E-state index in [1.807, 2.05) is 32.0 Å². The van der Waals surface area contributed by atoms with E-state index in [-0.39, 0.29) is 12.5 Å². The van der Waals surface area contributed by atoms with Crippen molar-refractivity contribution >= 4 is 11.6 Å². The van der Waals surface area contributed by atoms with E-state index in [4.69, 9.17) is 9.15 Å². The Morgan fingerprint density at radius 3 is 2.62 bits per heavy atom. The fraction of sp³-hybridized carbons (Fsp3) is 0.250. The van der Waals surface area contributed by atoms with Crippen molar-refractivity contribution in [3.8, 4) is 5.75 Å². The van der Waals surface area contributed by atoms with Gasteiger partial charge in [-0.25, -0.2) is 5.43 Å². The van der Waals surface area contributed by atoms with Crippen LogP contribution in [0, 0.1) is 13.8 Å². The van der Waals surface area contributed by atoms with E-state index < -0.39 is 0 Å². The third-order valence-electron chi connectivity index (χ3n) is 2.79. The smallest absolute Gasteiger partial charge is 0.277 e. The molecule has 0 atom stereocenters. The van der Waals surface area contributed by atoms with Gasteiger partial charge in [0.25, 0.3) is 5.91 Å². The lowest BCUT2D eigenvalue weighted by molar-refractivity contribution is -0.123. The number of benzene rings is 1. The Morgan fingerprint density at radius 2 is 2.00 bits per heavy atom. The summed E-state index contributed by atoms with van der Waals surface area (Å²) in [4.78, 5) is 11.7. The number of furan rings is 1. The molecule has 1 heterocycles. The number of hydrazone groups is 1. The number of nitrogens with one attached hydrogen (secondary N) is 1. The Bertz CT molecular complexity index is 625. The number of carbonyl (C=O) groups is 1. The maximum Gasteiger partial charge on any atom is 0.277 e. The van der Waals surface area contributed by atoms with Crippen molar-refractivity contribution in [2.24, 2.45) is 5.10 Å². The van der Waals surface area contributed by atoms with Gasteiger partial charge in [0.15, 0.2) is 6.61 Å². The van der Waals surface area contributed by atoms with Gasteiger partial charge in [0.05, 0.1) is 6.26 Å². The third-order valence-corrected chi connectivity index (χ3v) is 2.79. The second-order valence-corrected chi connectivity index (χ2v) is 4.82. The van der Waals surface area contributed by atoms with E-state index >= 15 is 0 Å². The summed E-state index contributed by atoms with van der Waals surface area (Å²) in [5.41, 5.74) is 5.22. The first-order valence-electron chi connectivity index (χ1n) is 6.62. The first-order valence-corrected chi connectivity index (χ1v) is 6.62. The monoisotopic (exact) mass is 286 g/mol. The van der Waals surface area contributed by atoms with Crippen LogP contribution in [0.1, 0.15) is 23.8 Å². The molecule has 0 aliphatic rings. The van der Waals surface area contributed by atoms with Gasteiger partial charge >= 0.3 is 0 Å². The normalized spacial score (nSPS) is 11.3. The summed E-state index contributed by atoms with van der Waals surface area (Å²) >= 11 is 0. The van der Waals surface area contributed by atoms with Gasteiger partial charge in [-0.05, 0) is 56.2 Å². The second kappa shape index (κ2) is 6.74. The molecule has 21 heavy (non-hydrogen) atoms. The van der Waals surface area contributed by atoms with Gasteiger partial charge in [0.2, 0.25) is 0 Å². The summed E-state index contributed by atoms with van der Waals surface area (Å²) < 4.78 is 10.6. The molecule has 0 saturated carbocycles. The van der Waals surface area contributed by atoms with E-state index in [1.165, 1.54) is 0 Å². The van der Waals surface area contributed by atoms with Gasteiger partial charge < -0.3 is 9.15 Å². The molecule has 0 saturated heterocycles. The molecule has 0 spiro atoms. The Balaban J connectivity index is 1.86. The number of rotatable bonds is 5. The van der Waals surface area contributed by atoms with E-state index in [1.54, 1.807) is 25.3 Å². The molecular weight excluding hydrogens is 268 g/mol. The van der Waals surface area contributed by atoms with Crippen molar-refractivity contribution in [3.05, 3.63) is 53.5 Å². The summed E-state index contributed by atoms with van der Waals surface area (Å²) in [6.45, 7) is 5.63. The molecular formula is C16H18N2O3. The quantitative estimate of drug-likeness (QED) is 0.679. The van der Waals surface area contributed by atoms with Crippen LogP contribution in [0.15, 0.2) is 46.1 Å². The summed E-state index contributed by atoms with van der Waals surface area (Å²) in [6.07, 6.45) is 1.55. The van der Waals surface area contributed by atoms with Crippen LogP contribution < -0.4 is 10.2 Å². The van der Waals surface area contributed by atoms with Crippen molar-refractivity contribution in [2.45, 2.75) is 20.8 Å². The van der Waals surface area contributed by atoms with Crippen LogP contribution in [0.3, 0.4) is 0 Å². The highest BCUT2D eigenvalue weighted by molar-refractivity contribution is 5.96. The standard InChI is InChI=1S/C16H18N2O3/c1-11-7-12(2)9-14(8-11)21-10-16(19)18-17-13(3)15-5-4-6-20-15/h4-9H,10H2,1-3H3,(H,18,19)/b17-13-. The summed E-state index contributed by atoms with van der Waals surface area (Å²) in [6, 6.07) is 9.36. The number of aryl methyl sites for hydroxylation is 2. The number of amides is 1. The minimum Gasteiger partial charge on any atom is -0.484 e. The molecule has 1 N–H and O–H groups in total. The molecule has 1 aromatic carbocycles. The van der Waals surface area contributed by atoms with Crippen LogP contribution in [-0.2, 0) is 4.79 Å². The molecule has 110 valence electrons. The SMILES string of the molecule is C/C(=N/NC(=O)COc1cc(C)cc(C)c1)c1ccco1. The lowest BCUT2D eigenvalue weighted by Gasteiger charge is -2.07. The first-order chi connectivity index (χ1) is 10.0. The lowest BCUT2D eigenvalue weighted by atomic mass is 10.1. The molecule has 1 aromatic heterocycles. The molecule has 2 aromatic rings. The molecule has 0 radical (unpaired) electrons. The molecule has 2 rings (SSSR count). The van der Waals surface area contributed by atoms with Crippen LogP contribution in [-0.4, -0.2) is 18.2 Å². The molecule has 0 fully saturated rings. The summed E-state index contributed by atoms with van der Waals surface area (Å²) in [5.74, 6) is 0.972. The van der Waals surface area contributed by atoms with Gasteiger partial charge in [-0.3, -0.25) is 4.79 Å². The number of ether oxygens (including phenoxy) is 1. The van der Waals surface area contributed by atoms with Gasteiger partial charge in [0.1, 0.15) is 17.2 Å². The minimum absolute atomic E-state index is 0.0855. The highest BCUT2D eigenvalue weighted by atomic mass is 16.5. The average Bonchev–Trinajstić information content (AvgIpc) is 2.95. The highest BCUT2D eigenvalue weighted by Gasteiger charge is 2.04. The van der Waals surface area contributed by atoms with E-state index in [2.05, 4.69) is 10.5 Å². The highest BCUT2D eigenvalue weighted by Crippen LogP contribution is 2.15. The number of carbonyl (C=O) groups excluding carboxylic acids is 1. The molecule has 0 unspecified atom stereocenters. The van der Waals surface area contributed by atoms with Crippen LogP contribution in [0.5, 0.6) is 5.75 Å². The van der Waals surface area contributed by atoms with Gasteiger partial charge in [0, 0.05) is 0 Å². The van der Waals surface area contributed by atoms with Gasteiger partial charge in [-0.1, -0.05) is 6.07 Å². The largest absolute Gasteiger partial charge is 0.484 e. The predicted octanol–water partition coefficient (Wildman–Crippen LogP) is 2.82. The Kier molecular flexibility index (Phi) is 4.77. The van der Waals surface area contributed by atoms with E-state index in [9.17, 15) is 4.79 Å². The zero-order valence-corrected chi connectivity index (χ0v) is 12.3. The molecule has 1 amide bonds. The zero-order chi connectivity index (χ0) is 15.2. The van der Waals surface area contributed by atoms with Crippen LogP contribution in [0.25, 0.3) is 0 Å². The van der Waals surface area contributed by atoms with Crippen LogP contribution in [0.2, 0.25) is 0 Å². The second-order valence-electron chi connectivity index (χ2n) is 4.82. The average molecular weight is 286 g/mol. The number of hydrogen-bond acceptors (Lipinski definition) is 4. The molecule has 0 bridgehead atoms. The number of hydrogen-bond donors (Lipinski definition) is 1. The van der Waals surface area contributed by atoms with E-state index in [0.717, 1.165) is 11.1 Å². The Labute approximate surface area is 123 Å². The summed E-state index contributed by atoms with van der Waals surface area (Å²) in [7, 11) is 0. The third kappa shape index (κ3) is 4.49. The molecule has 5 heteroatoms. The Hall–Kier alpha value is -2.56. The van der Waals surface area contributed by atoms with Crippen molar-refractivity contribution in [2.75, 3.05) is 6.61 Å². The van der Waals surface area contributed by atoms with Gasteiger partial charge in [-0.15, -0.1) is 0 Å². The fourth-order valence-corrected chi connectivity index (χ4v) is 1.88. The predicted molar refractivity (Wildman–Crippen MR) is 80.5 cm³/mol. The maximum absolute atomic E-state index is 11.7. The molecule has 0 aliphatic heterocycles. The first kappa shape index (κ1) is 14.8. The Morgan fingerprint density at radius 1 is 1.29 bits per heavy atom. The van der Waals surface area contributed by atoms with Crippen molar-refractivity contribution in [1.82, 2.24) is 5.43 Å². The van der Waals surface area contributed by atoms with Gasteiger partial charge in [-0.2, -0.15) is 5.10 Å². The molecule has 0 aliphatic carbocycles. The number of nitrogens with zero attached hydrogens (tertiary/aromatic N) is 1. The fourth-order valence-electron chi connectivity index (χ4n) is 1.88. The zero-order valence-electron chi connectivity index (χ0n) is 12.3. The summed E-state index contributed by atoms with van der Waals surface area (Å²) in [5, 5.41) is 3.96. The van der Waals surface area contributed by atoms with Crippen LogP contribution >= 0.6 is 0 Å². The van der Waals surface area contributed by atoms with Crippen molar-refractivity contribution < 1.29 is 13.9 Å².